The van der Waals surface area contributed by atoms with Gasteiger partial charge < -0.3 is 19.9 Å². The van der Waals surface area contributed by atoms with Crippen LogP contribution in [0.3, 0.4) is 0 Å². The van der Waals surface area contributed by atoms with E-state index in [1.54, 1.807) is 12.4 Å². The number of aryl methyl sites for hydroxylation is 1. The fourth-order valence-electron chi connectivity index (χ4n) is 6.21. The lowest BCUT2D eigenvalue weighted by Crippen LogP contribution is -2.53. The first-order valence-corrected chi connectivity index (χ1v) is 16.0. The Bertz CT molecular complexity index is 1860. The number of imidazole rings is 1. The number of esters is 1. The van der Waals surface area contributed by atoms with Crippen LogP contribution in [0.4, 0.5) is 14.9 Å². The number of nitrogens with one attached hydrogen (secondary N) is 2. The summed E-state index contributed by atoms with van der Waals surface area (Å²) >= 11 is 7.90. The summed E-state index contributed by atoms with van der Waals surface area (Å²) in [4.78, 5) is 49.5. The number of aromatic nitrogens is 3. The average molecular weight is 661 g/mol. The minimum absolute atomic E-state index is 0.0238. The number of fused-ring (bicyclic) bond motifs is 1. The van der Waals surface area contributed by atoms with E-state index in [1.165, 1.54) is 36.6 Å². The number of carbonyl (C=O) groups excluding carboxylic acids is 2. The quantitative estimate of drug-likeness (QED) is 0.274. The van der Waals surface area contributed by atoms with Gasteiger partial charge in [0.2, 0.25) is 0 Å². The lowest BCUT2D eigenvalue weighted by molar-refractivity contribution is -0.136. The highest BCUT2D eigenvalue weighted by Gasteiger charge is 2.42. The van der Waals surface area contributed by atoms with Crippen molar-refractivity contribution >= 4 is 46.5 Å². The SMILES string of the molecule is COC(=O)C1=C(CN2CCN3C(=O)N(c4ccc(-c5cnc(C)[nH]5)cc4)CC3C2)NC(c2nccs2)=NC1c1ccc(F)cc1Cl. The van der Waals surface area contributed by atoms with Gasteiger partial charge in [-0.3, -0.25) is 14.8 Å². The molecular formula is C32H30ClFN8O3S. The number of benzene rings is 2. The number of rotatable bonds is 7. The molecule has 2 aromatic heterocycles. The maximum Gasteiger partial charge on any atom is 0.338 e. The second-order valence-electron chi connectivity index (χ2n) is 11.3. The summed E-state index contributed by atoms with van der Waals surface area (Å²) in [5.41, 5.74) is 4.11. The summed E-state index contributed by atoms with van der Waals surface area (Å²) in [6.45, 7) is 4.53. The Morgan fingerprint density at radius 2 is 1.98 bits per heavy atom. The maximum absolute atomic E-state index is 14.0. The van der Waals surface area contributed by atoms with Crippen LogP contribution in [0.2, 0.25) is 5.02 Å². The van der Waals surface area contributed by atoms with Gasteiger partial charge >= 0.3 is 12.0 Å². The van der Waals surface area contributed by atoms with Gasteiger partial charge in [0.25, 0.3) is 0 Å². The second kappa shape index (κ2) is 12.3. The Hall–Kier alpha value is -4.59. The number of aliphatic imine (C=N–C) groups is 1. The van der Waals surface area contributed by atoms with Crippen molar-refractivity contribution in [1.82, 2.24) is 30.1 Å². The highest BCUT2D eigenvalue weighted by atomic mass is 35.5. The Balaban J connectivity index is 1.14. The highest BCUT2D eigenvalue weighted by Crippen LogP contribution is 2.37. The van der Waals surface area contributed by atoms with E-state index in [-0.39, 0.29) is 22.7 Å². The average Bonchev–Trinajstić information content (AvgIpc) is 3.82. The van der Waals surface area contributed by atoms with Crippen molar-refractivity contribution in [3.63, 3.8) is 0 Å². The topological polar surface area (TPSA) is 119 Å². The van der Waals surface area contributed by atoms with Gasteiger partial charge in [0, 0.05) is 66.3 Å². The smallest absolute Gasteiger partial charge is 0.338 e. The molecule has 2 aromatic carbocycles. The number of piperazine rings is 1. The number of aromatic amines is 1. The summed E-state index contributed by atoms with van der Waals surface area (Å²) in [6.07, 6.45) is 3.47. The highest BCUT2D eigenvalue weighted by molar-refractivity contribution is 7.11. The van der Waals surface area contributed by atoms with E-state index in [1.807, 2.05) is 46.4 Å². The molecule has 2 N–H and O–H groups in total. The number of H-pyrrole nitrogens is 1. The third-order valence-electron chi connectivity index (χ3n) is 8.43. The van der Waals surface area contributed by atoms with E-state index in [9.17, 15) is 14.0 Å². The molecule has 0 saturated carbocycles. The maximum atomic E-state index is 14.0. The number of carbonyl (C=O) groups is 2. The molecule has 0 radical (unpaired) electrons. The lowest BCUT2D eigenvalue weighted by atomic mass is 9.95. The number of anilines is 1. The molecule has 11 nitrogen and oxygen atoms in total. The fraction of sp³-hybridized carbons (Fsp3) is 0.281. The molecule has 2 unspecified atom stereocenters. The van der Waals surface area contributed by atoms with Crippen molar-refractivity contribution in [2.24, 2.45) is 4.99 Å². The van der Waals surface area contributed by atoms with E-state index < -0.39 is 17.8 Å². The summed E-state index contributed by atoms with van der Waals surface area (Å²) in [5, 5.41) is 5.97. The number of hydrogen-bond acceptors (Lipinski definition) is 9. The van der Waals surface area contributed by atoms with Crippen LogP contribution in [-0.4, -0.2) is 88.5 Å². The Labute approximate surface area is 273 Å². The van der Waals surface area contributed by atoms with Crippen LogP contribution in [0.1, 0.15) is 22.4 Å². The van der Waals surface area contributed by atoms with Crippen molar-refractivity contribution in [2.45, 2.75) is 19.0 Å². The molecule has 0 bridgehead atoms. The first kappa shape index (κ1) is 30.1. The third kappa shape index (κ3) is 5.65. The molecule has 236 valence electrons. The molecule has 14 heteroatoms. The van der Waals surface area contributed by atoms with Gasteiger partial charge in [-0.25, -0.2) is 23.9 Å². The zero-order chi connectivity index (χ0) is 31.9. The molecule has 4 aromatic rings. The molecule has 7 rings (SSSR count). The predicted molar refractivity (Wildman–Crippen MR) is 173 cm³/mol. The van der Waals surface area contributed by atoms with Crippen molar-refractivity contribution in [2.75, 3.05) is 44.7 Å². The minimum Gasteiger partial charge on any atom is -0.466 e. The summed E-state index contributed by atoms with van der Waals surface area (Å²) in [5.74, 6) is 0.272. The van der Waals surface area contributed by atoms with Crippen LogP contribution in [0.5, 0.6) is 0 Å². The molecule has 0 aliphatic carbocycles. The molecule has 3 aliphatic heterocycles. The standard InChI is InChI=1S/C32H30ClFN8O3S/c1-18-36-14-25(37-18)19-3-6-21(7-4-19)42-16-22-15-40(10-11-41(22)32(42)44)17-26-27(31(43)45-2)28(23-8-5-20(34)13-24(23)33)39-29(38-26)30-35-9-12-46-30/h3-9,12-14,22,28H,10-11,15-17H2,1-2H3,(H,36,37)(H,38,39). The zero-order valence-electron chi connectivity index (χ0n) is 25.0. The van der Waals surface area contributed by atoms with E-state index in [0.29, 0.717) is 54.8 Å². The Kier molecular flexibility index (Phi) is 8.05. The van der Waals surface area contributed by atoms with Crippen molar-refractivity contribution in [1.29, 1.82) is 0 Å². The normalized spacial score (nSPS) is 20.1. The van der Waals surface area contributed by atoms with Crippen LogP contribution < -0.4 is 10.2 Å². The van der Waals surface area contributed by atoms with Crippen LogP contribution in [0.15, 0.2) is 76.5 Å². The van der Waals surface area contributed by atoms with Crippen LogP contribution in [0.25, 0.3) is 11.3 Å². The first-order valence-electron chi connectivity index (χ1n) is 14.7. The predicted octanol–water partition coefficient (Wildman–Crippen LogP) is 4.78. The van der Waals surface area contributed by atoms with Gasteiger partial charge in [-0.15, -0.1) is 11.3 Å². The van der Waals surface area contributed by atoms with E-state index in [4.69, 9.17) is 21.3 Å². The van der Waals surface area contributed by atoms with Gasteiger partial charge in [-0.05, 0) is 36.8 Å². The summed E-state index contributed by atoms with van der Waals surface area (Å²) in [7, 11) is 1.32. The minimum atomic E-state index is -0.839. The monoisotopic (exact) mass is 660 g/mol. The Morgan fingerprint density at radius 1 is 1.15 bits per heavy atom. The van der Waals surface area contributed by atoms with Crippen molar-refractivity contribution in [3.05, 3.63) is 98.7 Å². The molecular weight excluding hydrogens is 631 g/mol. The van der Waals surface area contributed by atoms with Gasteiger partial charge in [0.15, 0.2) is 10.8 Å². The summed E-state index contributed by atoms with van der Waals surface area (Å²) < 4.78 is 19.2. The van der Waals surface area contributed by atoms with Gasteiger partial charge in [0.05, 0.1) is 30.6 Å². The van der Waals surface area contributed by atoms with E-state index >= 15 is 0 Å². The number of ether oxygens (including phenoxy) is 1. The number of urea groups is 1. The second-order valence-corrected chi connectivity index (χ2v) is 12.6. The fourth-order valence-corrected chi connectivity index (χ4v) is 7.07. The van der Waals surface area contributed by atoms with E-state index in [2.05, 4.69) is 25.2 Å². The molecule has 3 aliphatic rings. The number of halogens is 2. The number of amidine groups is 1. The molecule has 46 heavy (non-hydrogen) atoms. The molecule has 2 amide bonds. The van der Waals surface area contributed by atoms with Gasteiger partial charge in [0.1, 0.15) is 17.7 Å². The molecule has 5 heterocycles. The van der Waals surface area contributed by atoms with Gasteiger partial charge in [-0.2, -0.15) is 0 Å². The van der Waals surface area contributed by atoms with Crippen LogP contribution >= 0.6 is 22.9 Å². The van der Waals surface area contributed by atoms with Crippen molar-refractivity contribution in [3.8, 4) is 11.3 Å². The molecule has 2 fully saturated rings. The lowest BCUT2D eigenvalue weighted by Gasteiger charge is -2.38. The Morgan fingerprint density at radius 3 is 2.67 bits per heavy atom. The third-order valence-corrected chi connectivity index (χ3v) is 9.54. The van der Waals surface area contributed by atoms with Gasteiger partial charge in [-0.1, -0.05) is 29.8 Å². The zero-order valence-corrected chi connectivity index (χ0v) is 26.6. The number of amides is 2. The number of hydrogen-bond donors (Lipinski definition) is 2. The van der Waals surface area contributed by atoms with Crippen LogP contribution in [-0.2, 0) is 9.53 Å². The van der Waals surface area contributed by atoms with E-state index in [0.717, 1.165) is 22.8 Å². The molecule has 2 saturated heterocycles. The number of nitrogens with zero attached hydrogens (tertiary/aromatic N) is 6. The number of thiazole rings is 1. The molecule has 0 spiro atoms. The van der Waals surface area contributed by atoms with Crippen molar-refractivity contribution < 1.29 is 18.7 Å². The first-order chi connectivity index (χ1) is 22.3. The van der Waals surface area contributed by atoms with Crippen LogP contribution in [0, 0.1) is 12.7 Å². The molecule has 2 atom stereocenters. The summed E-state index contributed by atoms with van der Waals surface area (Å²) in [6, 6.07) is 11.0. The largest absolute Gasteiger partial charge is 0.466 e. The number of methoxy groups -OCH3 is 1.